The zero-order chi connectivity index (χ0) is 13.2. The maximum absolute atomic E-state index is 12.5. The van der Waals surface area contributed by atoms with Crippen LogP contribution in [0, 0.1) is 0 Å². The van der Waals surface area contributed by atoms with E-state index in [1.54, 1.807) is 0 Å². The molecule has 102 valence electrons. The lowest BCUT2D eigenvalue weighted by Crippen LogP contribution is -2.34. The van der Waals surface area contributed by atoms with Crippen molar-refractivity contribution in [1.29, 1.82) is 0 Å². The summed E-state index contributed by atoms with van der Waals surface area (Å²) in [7, 11) is 0. The van der Waals surface area contributed by atoms with Crippen LogP contribution in [0.3, 0.4) is 0 Å². The Morgan fingerprint density at radius 2 is 1.94 bits per heavy atom. The van der Waals surface area contributed by atoms with E-state index >= 15 is 0 Å². The normalized spacial score (nSPS) is 17.3. The second kappa shape index (κ2) is 5.61. The minimum atomic E-state index is -4.42. The van der Waals surface area contributed by atoms with E-state index in [1.807, 2.05) is 4.90 Å². The van der Waals surface area contributed by atoms with E-state index in [0.29, 0.717) is 28.9 Å². The van der Waals surface area contributed by atoms with Gasteiger partial charge in [0.2, 0.25) is 10.1 Å². The second-order valence-corrected chi connectivity index (χ2v) is 5.54. The molecule has 1 saturated carbocycles. The summed E-state index contributed by atoms with van der Waals surface area (Å²) in [4.78, 5) is 1.87. The van der Waals surface area contributed by atoms with Gasteiger partial charge >= 0.3 is 6.18 Å². The Morgan fingerprint density at radius 3 is 2.44 bits per heavy atom. The van der Waals surface area contributed by atoms with E-state index < -0.39 is 11.2 Å². The molecule has 1 aromatic heterocycles. The molecular formula is C10H13ClF3N3S. The molecule has 0 saturated heterocycles. The maximum Gasteiger partial charge on any atom is 0.445 e. The molecule has 0 amide bonds. The molecule has 8 heteroatoms. The first-order valence-electron chi connectivity index (χ1n) is 5.75. The van der Waals surface area contributed by atoms with Gasteiger partial charge in [-0.2, -0.15) is 13.2 Å². The van der Waals surface area contributed by atoms with Gasteiger partial charge in [-0.05, 0) is 12.8 Å². The highest BCUT2D eigenvalue weighted by Gasteiger charge is 2.37. The molecule has 2 rings (SSSR count). The van der Waals surface area contributed by atoms with Crippen LogP contribution in [0.15, 0.2) is 0 Å². The van der Waals surface area contributed by atoms with Crippen molar-refractivity contribution in [3.05, 3.63) is 5.01 Å². The molecular weight excluding hydrogens is 287 g/mol. The standard InChI is InChI=1S/C10H13ClF3N3S/c11-5-6-17(7-3-1-2-4-7)9-16-15-8(18-9)10(12,13)14/h7H,1-6H2. The van der Waals surface area contributed by atoms with Crippen LogP contribution in [-0.2, 0) is 6.18 Å². The highest BCUT2D eigenvalue weighted by molar-refractivity contribution is 7.15. The summed E-state index contributed by atoms with van der Waals surface area (Å²) in [6, 6.07) is 0.248. The largest absolute Gasteiger partial charge is 0.445 e. The Hall–Kier alpha value is -0.560. The van der Waals surface area contributed by atoms with Crippen LogP contribution in [0.25, 0.3) is 0 Å². The highest BCUT2D eigenvalue weighted by Crippen LogP contribution is 2.36. The summed E-state index contributed by atoms with van der Waals surface area (Å²) in [5, 5.41) is 6.32. The van der Waals surface area contributed by atoms with Crippen molar-refractivity contribution in [2.45, 2.75) is 37.9 Å². The van der Waals surface area contributed by atoms with Crippen LogP contribution >= 0.6 is 22.9 Å². The number of halogens is 4. The Bertz CT molecular complexity index is 390. The predicted molar refractivity (Wildman–Crippen MR) is 65.2 cm³/mol. The van der Waals surface area contributed by atoms with Crippen LogP contribution < -0.4 is 4.90 Å². The van der Waals surface area contributed by atoms with Gasteiger partial charge < -0.3 is 4.90 Å². The van der Waals surface area contributed by atoms with Crippen LogP contribution in [0.1, 0.15) is 30.7 Å². The minimum Gasteiger partial charge on any atom is -0.342 e. The molecule has 1 aliphatic carbocycles. The molecule has 1 aromatic rings. The second-order valence-electron chi connectivity index (χ2n) is 4.21. The molecule has 0 N–H and O–H groups in total. The van der Waals surface area contributed by atoms with Crippen molar-refractivity contribution in [3.8, 4) is 0 Å². The van der Waals surface area contributed by atoms with E-state index in [1.165, 1.54) is 0 Å². The fraction of sp³-hybridized carbons (Fsp3) is 0.800. The molecule has 0 aromatic carbocycles. The van der Waals surface area contributed by atoms with Crippen molar-refractivity contribution in [2.24, 2.45) is 0 Å². The summed E-state index contributed by atoms with van der Waals surface area (Å²) in [5.41, 5.74) is 0. The lowest BCUT2D eigenvalue weighted by molar-refractivity contribution is -0.138. The SMILES string of the molecule is FC(F)(F)c1nnc(N(CCCl)C2CCCC2)s1. The number of aromatic nitrogens is 2. The Labute approximate surface area is 112 Å². The first-order chi connectivity index (χ1) is 8.52. The van der Waals surface area contributed by atoms with Gasteiger partial charge in [0.1, 0.15) is 0 Å². The smallest absolute Gasteiger partial charge is 0.342 e. The summed E-state index contributed by atoms with van der Waals surface area (Å²) in [6.45, 7) is 0.513. The van der Waals surface area contributed by atoms with Crippen molar-refractivity contribution < 1.29 is 13.2 Å². The Balaban J connectivity index is 2.17. The topological polar surface area (TPSA) is 29.0 Å². The van der Waals surface area contributed by atoms with Crippen LogP contribution in [0.5, 0.6) is 0 Å². The fourth-order valence-electron chi connectivity index (χ4n) is 2.19. The van der Waals surface area contributed by atoms with Gasteiger partial charge in [-0.3, -0.25) is 0 Å². The average molecular weight is 300 g/mol. The molecule has 1 aliphatic rings. The number of hydrogen-bond acceptors (Lipinski definition) is 4. The molecule has 3 nitrogen and oxygen atoms in total. The molecule has 18 heavy (non-hydrogen) atoms. The number of nitrogens with zero attached hydrogens (tertiary/aromatic N) is 3. The molecule has 0 spiro atoms. The molecule has 0 bridgehead atoms. The van der Waals surface area contributed by atoms with Crippen LogP contribution in [-0.4, -0.2) is 28.7 Å². The average Bonchev–Trinajstić information content (AvgIpc) is 2.96. The molecule has 0 unspecified atom stereocenters. The number of hydrogen-bond donors (Lipinski definition) is 0. The first kappa shape index (κ1) is 13.9. The lowest BCUT2D eigenvalue weighted by Gasteiger charge is -2.27. The first-order valence-corrected chi connectivity index (χ1v) is 7.11. The van der Waals surface area contributed by atoms with Crippen LogP contribution in [0.4, 0.5) is 18.3 Å². The number of rotatable bonds is 4. The zero-order valence-corrected chi connectivity index (χ0v) is 11.2. The minimum absolute atomic E-state index is 0.248. The van der Waals surface area contributed by atoms with Crippen molar-refractivity contribution in [3.63, 3.8) is 0 Å². The monoisotopic (exact) mass is 299 g/mol. The van der Waals surface area contributed by atoms with E-state index in [2.05, 4.69) is 10.2 Å². The molecule has 0 atom stereocenters. The fourth-order valence-corrected chi connectivity index (χ4v) is 3.18. The molecule has 0 radical (unpaired) electrons. The van der Waals surface area contributed by atoms with Crippen molar-refractivity contribution in [1.82, 2.24) is 10.2 Å². The summed E-state index contributed by atoms with van der Waals surface area (Å²) in [6.07, 6.45) is -0.239. The van der Waals surface area contributed by atoms with Gasteiger partial charge in [-0.15, -0.1) is 21.8 Å². The van der Waals surface area contributed by atoms with Gasteiger partial charge in [-0.1, -0.05) is 24.2 Å². The van der Waals surface area contributed by atoms with Crippen molar-refractivity contribution in [2.75, 3.05) is 17.3 Å². The quantitative estimate of drug-likeness (QED) is 0.796. The van der Waals surface area contributed by atoms with Crippen LogP contribution in [0.2, 0.25) is 0 Å². The van der Waals surface area contributed by atoms with Crippen molar-refractivity contribution >= 4 is 28.1 Å². The third-order valence-electron chi connectivity index (χ3n) is 2.99. The van der Waals surface area contributed by atoms with Gasteiger partial charge in [0, 0.05) is 18.5 Å². The van der Waals surface area contributed by atoms with E-state index in [4.69, 9.17) is 11.6 Å². The summed E-state index contributed by atoms with van der Waals surface area (Å²) < 4.78 is 37.5. The summed E-state index contributed by atoms with van der Waals surface area (Å²) >= 11 is 6.31. The maximum atomic E-state index is 12.5. The van der Waals surface area contributed by atoms with Gasteiger partial charge in [0.05, 0.1) is 0 Å². The van der Waals surface area contributed by atoms with Gasteiger partial charge in [-0.25, -0.2) is 0 Å². The van der Waals surface area contributed by atoms with Gasteiger partial charge in [0.25, 0.3) is 0 Å². The summed E-state index contributed by atoms with van der Waals surface area (Å²) in [5.74, 6) is 0.372. The third kappa shape index (κ3) is 3.06. The van der Waals surface area contributed by atoms with E-state index in [0.717, 1.165) is 25.7 Å². The molecule has 1 heterocycles. The number of anilines is 1. The van der Waals surface area contributed by atoms with E-state index in [9.17, 15) is 13.2 Å². The predicted octanol–water partition coefficient (Wildman–Crippen LogP) is 3.54. The lowest BCUT2D eigenvalue weighted by atomic mass is 10.2. The van der Waals surface area contributed by atoms with Gasteiger partial charge in [0.15, 0.2) is 0 Å². The molecule has 1 fully saturated rings. The highest BCUT2D eigenvalue weighted by atomic mass is 35.5. The zero-order valence-electron chi connectivity index (χ0n) is 9.58. The third-order valence-corrected chi connectivity index (χ3v) is 4.17. The molecule has 0 aliphatic heterocycles. The van der Waals surface area contributed by atoms with E-state index in [-0.39, 0.29) is 6.04 Å². The number of alkyl halides is 4. The Kier molecular flexibility index (Phi) is 4.32. The Morgan fingerprint density at radius 1 is 1.28 bits per heavy atom.